The molecule has 0 spiro atoms. The molecule has 2 heterocycles. The van der Waals surface area contributed by atoms with E-state index < -0.39 is 0 Å². The minimum atomic E-state index is 0.101. The van der Waals surface area contributed by atoms with Crippen molar-refractivity contribution in [3.8, 4) is 5.75 Å². The lowest BCUT2D eigenvalue weighted by Crippen LogP contribution is -2.35. The van der Waals surface area contributed by atoms with Gasteiger partial charge in [-0.05, 0) is 19.4 Å². The Morgan fingerprint density at radius 3 is 3.00 bits per heavy atom. The maximum Gasteiger partial charge on any atom is 0.124 e. The van der Waals surface area contributed by atoms with Crippen LogP contribution in [-0.4, -0.2) is 19.3 Å². The molecule has 3 atom stereocenters. The third-order valence-electron chi connectivity index (χ3n) is 3.82. The summed E-state index contributed by atoms with van der Waals surface area (Å²) in [5, 5.41) is 0. The fourth-order valence-electron chi connectivity index (χ4n) is 2.79. The summed E-state index contributed by atoms with van der Waals surface area (Å²) in [7, 11) is 0. The second kappa shape index (κ2) is 4.31. The highest BCUT2D eigenvalue weighted by Crippen LogP contribution is 2.37. The third-order valence-corrected chi connectivity index (χ3v) is 3.82. The van der Waals surface area contributed by atoms with Crippen molar-refractivity contribution in [3.05, 3.63) is 29.3 Å². The lowest BCUT2D eigenvalue weighted by Gasteiger charge is -2.33. The normalized spacial score (nSPS) is 32.0. The van der Waals surface area contributed by atoms with Crippen LogP contribution in [0, 0.1) is 12.8 Å². The molecule has 1 fully saturated rings. The summed E-state index contributed by atoms with van der Waals surface area (Å²) in [6.45, 7) is 3.77. The Morgan fingerprint density at radius 2 is 2.24 bits per heavy atom. The fourth-order valence-corrected chi connectivity index (χ4v) is 2.79. The number of rotatable bonds is 1. The van der Waals surface area contributed by atoms with E-state index in [0.717, 1.165) is 37.4 Å². The summed E-state index contributed by atoms with van der Waals surface area (Å²) in [6, 6.07) is 6.37. The van der Waals surface area contributed by atoms with Crippen LogP contribution in [0.15, 0.2) is 18.2 Å². The van der Waals surface area contributed by atoms with Gasteiger partial charge in [-0.25, -0.2) is 0 Å². The molecule has 3 nitrogen and oxygen atoms in total. The van der Waals surface area contributed by atoms with Crippen LogP contribution in [0.5, 0.6) is 5.75 Å². The number of benzene rings is 1. The Bertz CT molecular complexity index is 413. The van der Waals surface area contributed by atoms with Crippen LogP contribution < -0.4 is 10.5 Å². The van der Waals surface area contributed by atoms with Crippen LogP contribution in [0.2, 0.25) is 0 Å². The number of ether oxygens (including phenoxy) is 2. The van der Waals surface area contributed by atoms with Gasteiger partial charge in [0.1, 0.15) is 11.9 Å². The number of fused-ring (bicyclic) bond motifs is 1. The molecular weight excluding hydrogens is 214 g/mol. The average Bonchev–Trinajstić information content (AvgIpc) is 2.83. The zero-order valence-electron chi connectivity index (χ0n) is 10.2. The van der Waals surface area contributed by atoms with Crippen LogP contribution in [0.3, 0.4) is 0 Å². The molecule has 2 aliphatic heterocycles. The zero-order valence-corrected chi connectivity index (χ0v) is 10.2. The molecule has 0 aromatic heterocycles. The molecule has 0 radical (unpaired) electrons. The Balaban J connectivity index is 1.84. The molecule has 3 heteroatoms. The highest BCUT2D eigenvalue weighted by atomic mass is 16.5. The Hall–Kier alpha value is -1.06. The number of hydrogen-bond acceptors (Lipinski definition) is 3. The first kappa shape index (κ1) is 11.1. The highest BCUT2D eigenvalue weighted by Gasteiger charge is 2.33. The Labute approximate surface area is 102 Å². The van der Waals surface area contributed by atoms with Crippen molar-refractivity contribution in [2.75, 3.05) is 13.2 Å². The molecule has 2 N–H and O–H groups in total. The van der Waals surface area contributed by atoms with Gasteiger partial charge in [-0.1, -0.05) is 17.7 Å². The number of nitrogens with two attached hydrogens (primary N) is 1. The van der Waals surface area contributed by atoms with Gasteiger partial charge in [0.15, 0.2) is 0 Å². The van der Waals surface area contributed by atoms with Gasteiger partial charge in [-0.2, -0.15) is 0 Å². The third kappa shape index (κ3) is 2.05. The van der Waals surface area contributed by atoms with Crippen molar-refractivity contribution in [3.63, 3.8) is 0 Å². The van der Waals surface area contributed by atoms with E-state index >= 15 is 0 Å². The lowest BCUT2D eigenvalue weighted by molar-refractivity contribution is 0.0854. The summed E-state index contributed by atoms with van der Waals surface area (Å²) in [4.78, 5) is 0. The second-order valence-corrected chi connectivity index (χ2v) is 5.16. The first-order valence-corrected chi connectivity index (χ1v) is 6.34. The largest absolute Gasteiger partial charge is 0.490 e. The van der Waals surface area contributed by atoms with Crippen molar-refractivity contribution in [2.45, 2.75) is 31.9 Å². The summed E-state index contributed by atoms with van der Waals surface area (Å²) >= 11 is 0. The van der Waals surface area contributed by atoms with Gasteiger partial charge in [-0.15, -0.1) is 0 Å². The van der Waals surface area contributed by atoms with Crippen molar-refractivity contribution in [1.29, 1.82) is 0 Å². The van der Waals surface area contributed by atoms with E-state index in [1.807, 2.05) is 6.07 Å². The predicted molar refractivity (Wildman–Crippen MR) is 66.1 cm³/mol. The maximum absolute atomic E-state index is 6.25. The fraction of sp³-hybridized carbons (Fsp3) is 0.571. The summed E-state index contributed by atoms with van der Waals surface area (Å²) in [5.41, 5.74) is 8.65. The van der Waals surface area contributed by atoms with Crippen LogP contribution >= 0.6 is 0 Å². The standard InChI is InChI=1S/C14H19NO2/c1-9-2-3-13-11(6-9)12(15)7-14(17-13)10-4-5-16-8-10/h2-3,6,10,12,14H,4-5,7-8,15H2,1H3. The SMILES string of the molecule is Cc1ccc2c(c1)C(N)CC(C1CCOC1)O2. The summed E-state index contributed by atoms with van der Waals surface area (Å²) in [6.07, 6.45) is 2.23. The molecule has 0 amide bonds. The summed E-state index contributed by atoms with van der Waals surface area (Å²) < 4.78 is 11.5. The van der Waals surface area contributed by atoms with Crippen LogP contribution in [-0.2, 0) is 4.74 Å². The van der Waals surface area contributed by atoms with Gasteiger partial charge >= 0.3 is 0 Å². The van der Waals surface area contributed by atoms with Crippen molar-refractivity contribution >= 4 is 0 Å². The van der Waals surface area contributed by atoms with E-state index in [2.05, 4.69) is 19.1 Å². The highest BCUT2D eigenvalue weighted by molar-refractivity contribution is 5.40. The van der Waals surface area contributed by atoms with E-state index in [1.165, 1.54) is 5.56 Å². The predicted octanol–water partition coefficient (Wildman–Crippen LogP) is 2.18. The molecule has 0 aliphatic carbocycles. The van der Waals surface area contributed by atoms with E-state index in [0.29, 0.717) is 5.92 Å². The minimum Gasteiger partial charge on any atom is -0.490 e. The number of hydrogen-bond donors (Lipinski definition) is 1. The van der Waals surface area contributed by atoms with Crippen molar-refractivity contribution in [2.24, 2.45) is 11.7 Å². The second-order valence-electron chi connectivity index (χ2n) is 5.16. The molecule has 92 valence electrons. The maximum atomic E-state index is 6.25. The first-order valence-electron chi connectivity index (χ1n) is 6.34. The number of aryl methyl sites for hydroxylation is 1. The molecule has 0 bridgehead atoms. The lowest BCUT2D eigenvalue weighted by atomic mass is 9.89. The van der Waals surface area contributed by atoms with Gasteiger partial charge in [0.2, 0.25) is 0 Å². The van der Waals surface area contributed by atoms with Crippen LogP contribution in [0.4, 0.5) is 0 Å². The quantitative estimate of drug-likeness (QED) is 0.808. The topological polar surface area (TPSA) is 44.5 Å². The van der Waals surface area contributed by atoms with E-state index in [-0.39, 0.29) is 12.1 Å². The molecule has 17 heavy (non-hydrogen) atoms. The molecule has 2 aliphatic rings. The molecule has 1 saturated heterocycles. The van der Waals surface area contributed by atoms with E-state index in [4.69, 9.17) is 15.2 Å². The van der Waals surface area contributed by atoms with Crippen LogP contribution in [0.25, 0.3) is 0 Å². The molecule has 0 saturated carbocycles. The van der Waals surface area contributed by atoms with Crippen LogP contribution in [0.1, 0.15) is 30.0 Å². The Kier molecular flexibility index (Phi) is 2.81. The van der Waals surface area contributed by atoms with Gasteiger partial charge in [0.05, 0.1) is 6.61 Å². The van der Waals surface area contributed by atoms with Crippen molar-refractivity contribution < 1.29 is 9.47 Å². The molecule has 1 aromatic carbocycles. The van der Waals surface area contributed by atoms with Gasteiger partial charge < -0.3 is 15.2 Å². The molecule has 3 rings (SSSR count). The molecule has 3 unspecified atom stereocenters. The van der Waals surface area contributed by atoms with Gasteiger partial charge in [-0.3, -0.25) is 0 Å². The zero-order chi connectivity index (χ0) is 11.8. The first-order chi connectivity index (χ1) is 8.24. The molecular formula is C14H19NO2. The Morgan fingerprint density at radius 1 is 1.35 bits per heavy atom. The average molecular weight is 233 g/mol. The van der Waals surface area contributed by atoms with E-state index in [9.17, 15) is 0 Å². The van der Waals surface area contributed by atoms with Gasteiger partial charge in [0, 0.05) is 30.6 Å². The summed E-state index contributed by atoms with van der Waals surface area (Å²) in [5.74, 6) is 1.47. The van der Waals surface area contributed by atoms with Gasteiger partial charge in [0.25, 0.3) is 0 Å². The molecule has 1 aromatic rings. The smallest absolute Gasteiger partial charge is 0.124 e. The van der Waals surface area contributed by atoms with E-state index in [1.54, 1.807) is 0 Å². The minimum absolute atomic E-state index is 0.101. The monoisotopic (exact) mass is 233 g/mol. The van der Waals surface area contributed by atoms with Crippen molar-refractivity contribution in [1.82, 2.24) is 0 Å².